The van der Waals surface area contributed by atoms with E-state index in [1.165, 1.54) is 0 Å². The van der Waals surface area contributed by atoms with E-state index in [2.05, 4.69) is 22.4 Å². The summed E-state index contributed by atoms with van der Waals surface area (Å²) < 4.78 is 10.6. The summed E-state index contributed by atoms with van der Waals surface area (Å²) in [6, 6.07) is 5.87. The Balaban J connectivity index is 1.94. The van der Waals surface area contributed by atoms with Crippen LogP contribution >= 0.6 is 0 Å². The largest absolute Gasteiger partial charge is 0.497 e. The van der Waals surface area contributed by atoms with E-state index in [-0.39, 0.29) is 0 Å². The van der Waals surface area contributed by atoms with Crippen molar-refractivity contribution in [2.45, 2.75) is 6.54 Å². The fourth-order valence-corrected chi connectivity index (χ4v) is 2.18. The van der Waals surface area contributed by atoms with Crippen LogP contribution in [0.15, 0.2) is 18.2 Å². The Morgan fingerprint density at radius 3 is 2.47 bits per heavy atom. The Hall–Kier alpha value is -1.30. The molecule has 0 amide bonds. The maximum absolute atomic E-state index is 5.38. The first kappa shape index (κ1) is 14.1. The van der Waals surface area contributed by atoms with Crippen LogP contribution in [0.3, 0.4) is 0 Å². The third kappa shape index (κ3) is 3.83. The molecule has 1 aliphatic heterocycles. The molecule has 2 rings (SSSR count). The van der Waals surface area contributed by atoms with Crippen LogP contribution in [0, 0.1) is 0 Å². The normalized spacial score (nSPS) is 17.4. The van der Waals surface area contributed by atoms with Crippen LogP contribution in [-0.4, -0.2) is 57.4 Å². The number of nitrogens with one attached hydrogen (secondary N) is 1. The molecule has 0 radical (unpaired) electrons. The van der Waals surface area contributed by atoms with Crippen molar-refractivity contribution in [2.75, 3.05) is 47.4 Å². The van der Waals surface area contributed by atoms with Crippen molar-refractivity contribution >= 4 is 0 Å². The predicted molar refractivity (Wildman–Crippen MR) is 75.5 cm³/mol. The van der Waals surface area contributed by atoms with E-state index in [1.54, 1.807) is 14.2 Å². The quantitative estimate of drug-likeness (QED) is 0.858. The Morgan fingerprint density at radius 2 is 1.84 bits per heavy atom. The molecule has 1 fully saturated rings. The lowest BCUT2D eigenvalue weighted by molar-refractivity contribution is 0.102. The number of hydrogen-bond donors (Lipinski definition) is 1. The van der Waals surface area contributed by atoms with Crippen molar-refractivity contribution in [1.29, 1.82) is 0 Å². The van der Waals surface area contributed by atoms with Gasteiger partial charge < -0.3 is 14.4 Å². The molecule has 1 aromatic carbocycles. The van der Waals surface area contributed by atoms with Gasteiger partial charge in [0.15, 0.2) is 0 Å². The average molecular weight is 265 g/mol. The lowest BCUT2D eigenvalue weighted by atomic mass is 10.2. The van der Waals surface area contributed by atoms with Crippen molar-refractivity contribution < 1.29 is 9.47 Å². The monoisotopic (exact) mass is 265 g/mol. The van der Waals surface area contributed by atoms with Gasteiger partial charge in [0.25, 0.3) is 0 Å². The van der Waals surface area contributed by atoms with Crippen LogP contribution in [0.2, 0.25) is 0 Å². The minimum absolute atomic E-state index is 0.754. The molecule has 5 nitrogen and oxygen atoms in total. The second-order valence-corrected chi connectivity index (χ2v) is 4.80. The van der Waals surface area contributed by atoms with Crippen molar-refractivity contribution in [3.05, 3.63) is 23.8 Å². The number of hydrazine groups is 1. The topological polar surface area (TPSA) is 37.0 Å². The number of hydrogen-bond acceptors (Lipinski definition) is 5. The molecule has 1 aromatic rings. The maximum Gasteiger partial charge on any atom is 0.123 e. The van der Waals surface area contributed by atoms with Gasteiger partial charge in [0.05, 0.1) is 14.2 Å². The zero-order valence-electron chi connectivity index (χ0n) is 12.0. The predicted octanol–water partition coefficient (Wildman–Crippen LogP) is 0.956. The Labute approximate surface area is 115 Å². The third-order valence-corrected chi connectivity index (χ3v) is 3.48. The highest BCUT2D eigenvalue weighted by Crippen LogP contribution is 2.23. The fraction of sp³-hybridized carbons (Fsp3) is 0.571. The molecule has 0 unspecified atom stereocenters. The van der Waals surface area contributed by atoms with Crippen LogP contribution in [-0.2, 0) is 6.54 Å². The highest BCUT2D eigenvalue weighted by atomic mass is 16.5. The molecule has 1 saturated heterocycles. The fourth-order valence-electron chi connectivity index (χ4n) is 2.18. The van der Waals surface area contributed by atoms with Gasteiger partial charge >= 0.3 is 0 Å². The SMILES string of the molecule is COc1ccc(OC)c(CNN2CCN(C)CC2)c1. The minimum Gasteiger partial charge on any atom is -0.497 e. The summed E-state index contributed by atoms with van der Waals surface area (Å²) >= 11 is 0. The summed E-state index contributed by atoms with van der Waals surface area (Å²) in [5.74, 6) is 1.75. The molecular formula is C14H23N3O2. The summed E-state index contributed by atoms with van der Waals surface area (Å²) in [7, 11) is 5.53. The third-order valence-electron chi connectivity index (χ3n) is 3.48. The van der Waals surface area contributed by atoms with Gasteiger partial charge in [-0.15, -0.1) is 0 Å². The minimum atomic E-state index is 0.754. The summed E-state index contributed by atoms with van der Waals surface area (Å²) in [4.78, 5) is 2.34. The molecule has 0 bridgehead atoms. The molecule has 5 heteroatoms. The first-order valence-electron chi connectivity index (χ1n) is 6.61. The second kappa shape index (κ2) is 6.75. The van der Waals surface area contributed by atoms with Gasteiger partial charge in [0.2, 0.25) is 0 Å². The molecule has 19 heavy (non-hydrogen) atoms. The maximum atomic E-state index is 5.38. The molecule has 0 aromatic heterocycles. The van der Waals surface area contributed by atoms with Crippen LogP contribution in [0.1, 0.15) is 5.56 Å². The van der Waals surface area contributed by atoms with Crippen molar-refractivity contribution in [1.82, 2.24) is 15.3 Å². The number of nitrogens with zero attached hydrogens (tertiary/aromatic N) is 2. The van der Waals surface area contributed by atoms with E-state index in [4.69, 9.17) is 9.47 Å². The summed E-state index contributed by atoms with van der Waals surface area (Å²) in [5.41, 5.74) is 4.57. The molecule has 1 heterocycles. The number of ether oxygens (including phenoxy) is 2. The van der Waals surface area contributed by atoms with Gasteiger partial charge in [0, 0.05) is 38.3 Å². The highest BCUT2D eigenvalue weighted by molar-refractivity contribution is 5.40. The van der Waals surface area contributed by atoms with Gasteiger partial charge in [-0.2, -0.15) is 0 Å². The Bertz CT molecular complexity index is 404. The number of benzene rings is 1. The average Bonchev–Trinajstić information content (AvgIpc) is 2.46. The first-order valence-corrected chi connectivity index (χ1v) is 6.61. The molecule has 1 N–H and O–H groups in total. The van der Waals surface area contributed by atoms with Crippen LogP contribution in [0.5, 0.6) is 11.5 Å². The summed E-state index contributed by atoms with van der Waals surface area (Å²) in [6.45, 7) is 5.04. The molecule has 0 spiro atoms. The van der Waals surface area contributed by atoms with E-state index < -0.39 is 0 Å². The molecule has 1 aliphatic rings. The summed E-state index contributed by atoms with van der Waals surface area (Å²) in [5, 5.41) is 2.26. The van der Waals surface area contributed by atoms with E-state index in [0.717, 1.165) is 49.8 Å². The standard InChI is InChI=1S/C14H23N3O2/c1-16-6-8-17(9-7-16)15-11-12-10-13(18-2)4-5-14(12)19-3/h4-5,10,15H,6-9,11H2,1-3H3. The number of likely N-dealkylation sites (N-methyl/N-ethyl adjacent to an activating group) is 1. The van der Waals surface area contributed by atoms with Gasteiger partial charge in [-0.3, -0.25) is 5.43 Å². The van der Waals surface area contributed by atoms with Gasteiger partial charge in [-0.25, -0.2) is 5.01 Å². The molecule has 0 aliphatic carbocycles. The van der Waals surface area contributed by atoms with Crippen molar-refractivity contribution in [3.63, 3.8) is 0 Å². The number of rotatable bonds is 5. The Morgan fingerprint density at radius 1 is 1.11 bits per heavy atom. The molecule has 106 valence electrons. The smallest absolute Gasteiger partial charge is 0.123 e. The molecule has 0 saturated carbocycles. The van der Waals surface area contributed by atoms with E-state index in [9.17, 15) is 0 Å². The van der Waals surface area contributed by atoms with Gasteiger partial charge in [-0.05, 0) is 25.2 Å². The van der Waals surface area contributed by atoms with Crippen LogP contribution in [0.25, 0.3) is 0 Å². The number of methoxy groups -OCH3 is 2. The highest BCUT2D eigenvalue weighted by Gasteiger charge is 2.14. The lowest BCUT2D eigenvalue weighted by Gasteiger charge is -2.32. The zero-order chi connectivity index (χ0) is 13.7. The van der Waals surface area contributed by atoms with E-state index >= 15 is 0 Å². The van der Waals surface area contributed by atoms with Crippen molar-refractivity contribution in [2.24, 2.45) is 0 Å². The lowest BCUT2D eigenvalue weighted by Crippen LogP contribution is -2.50. The molecular weight excluding hydrogens is 242 g/mol. The Kier molecular flexibility index (Phi) is 5.01. The van der Waals surface area contributed by atoms with E-state index in [1.807, 2.05) is 18.2 Å². The number of piperazine rings is 1. The summed E-state index contributed by atoms with van der Waals surface area (Å²) in [6.07, 6.45) is 0. The van der Waals surface area contributed by atoms with E-state index in [0.29, 0.717) is 0 Å². The second-order valence-electron chi connectivity index (χ2n) is 4.80. The zero-order valence-corrected chi connectivity index (χ0v) is 12.0. The van der Waals surface area contributed by atoms with Gasteiger partial charge in [0.1, 0.15) is 11.5 Å². The van der Waals surface area contributed by atoms with Crippen LogP contribution < -0.4 is 14.9 Å². The van der Waals surface area contributed by atoms with Crippen molar-refractivity contribution in [3.8, 4) is 11.5 Å². The molecule has 0 atom stereocenters. The van der Waals surface area contributed by atoms with Gasteiger partial charge in [-0.1, -0.05) is 0 Å². The van der Waals surface area contributed by atoms with Crippen LogP contribution in [0.4, 0.5) is 0 Å². The first-order chi connectivity index (χ1) is 9.22.